The second kappa shape index (κ2) is 11.2. The molecule has 1 aromatic heterocycles. The molecule has 3 N–H and O–H groups in total. The van der Waals surface area contributed by atoms with Gasteiger partial charge in [0.1, 0.15) is 0 Å². The molecular formula is C25H27Cl2F3N4O4S. The minimum Gasteiger partial charge on any atom is -0.330 e. The van der Waals surface area contributed by atoms with Gasteiger partial charge < -0.3 is 10.7 Å². The van der Waals surface area contributed by atoms with E-state index in [9.17, 15) is 31.2 Å². The molecule has 0 aliphatic carbocycles. The van der Waals surface area contributed by atoms with E-state index >= 15 is 0 Å². The number of piperidine rings is 1. The normalized spacial score (nSPS) is 17.2. The molecule has 1 aliphatic rings. The van der Waals surface area contributed by atoms with E-state index < -0.39 is 44.8 Å². The molecule has 39 heavy (non-hydrogen) atoms. The van der Waals surface area contributed by atoms with Crippen LogP contribution in [0.1, 0.15) is 36.5 Å². The molecule has 1 saturated heterocycles. The topological polar surface area (TPSA) is 118 Å². The number of nitrogens with zero attached hydrogens (tertiary/aromatic N) is 2. The molecule has 212 valence electrons. The molecule has 14 heteroatoms. The van der Waals surface area contributed by atoms with Crippen LogP contribution in [-0.4, -0.2) is 48.3 Å². The lowest BCUT2D eigenvalue weighted by Crippen LogP contribution is -2.38. The van der Waals surface area contributed by atoms with Gasteiger partial charge in [-0.15, -0.1) is 0 Å². The van der Waals surface area contributed by atoms with E-state index in [1.54, 1.807) is 0 Å². The third-order valence-corrected chi connectivity index (χ3v) is 9.49. The van der Waals surface area contributed by atoms with Gasteiger partial charge in [0.25, 0.3) is 5.56 Å². The van der Waals surface area contributed by atoms with Crippen LogP contribution in [0.5, 0.6) is 0 Å². The van der Waals surface area contributed by atoms with Gasteiger partial charge in [-0.2, -0.15) is 13.2 Å². The number of likely N-dealkylation sites (tertiary alicyclic amines) is 1. The van der Waals surface area contributed by atoms with Crippen LogP contribution >= 0.6 is 23.2 Å². The second-order valence-electron chi connectivity index (χ2n) is 9.59. The van der Waals surface area contributed by atoms with Crippen molar-refractivity contribution in [3.05, 3.63) is 71.8 Å². The summed E-state index contributed by atoms with van der Waals surface area (Å²) in [5.74, 6) is -0.103. The molecule has 0 unspecified atom stereocenters. The summed E-state index contributed by atoms with van der Waals surface area (Å²) in [6.07, 6.45) is -3.18. The summed E-state index contributed by atoms with van der Waals surface area (Å²) < 4.78 is 68.4. The van der Waals surface area contributed by atoms with Gasteiger partial charge in [0.2, 0.25) is 0 Å². The van der Waals surface area contributed by atoms with Crippen molar-refractivity contribution in [1.29, 1.82) is 0 Å². The van der Waals surface area contributed by atoms with E-state index in [-0.39, 0.29) is 49.8 Å². The SMILES string of the molecule is CCS(=O)(=O)c1ccc(Cl)cc1Cn1c(=O)[nH]c2c(Cl)c(CN3CCC[C@@H](CN)C3)c(C(F)(F)F)cc2c1=O. The Balaban J connectivity index is 1.88. The van der Waals surface area contributed by atoms with Gasteiger partial charge in [-0.3, -0.25) is 14.3 Å². The zero-order chi connectivity index (χ0) is 28.7. The molecule has 8 nitrogen and oxygen atoms in total. The Hall–Kier alpha value is -2.38. The summed E-state index contributed by atoms with van der Waals surface area (Å²) in [5.41, 5.74) is 2.27. The largest absolute Gasteiger partial charge is 0.416 e. The van der Waals surface area contributed by atoms with Crippen molar-refractivity contribution < 1.29 is 21.6 Å². The van der Waals surface area contributed by atoms with Crippen LogP contribution < -0.4 is 17.0 Å². The van der Waals surface area contributed by atoms with Crippen molar-refractivity contribution in [3.8, 4) is 0 Å². The van der Waals surface area contributed by atoms with Gasteiger partial charge in [-0.25, -0.2) is 13.2 Å². The lowest BCUT2D eigenvalue weighted by Gasteiger charge is -2.33. The summed E-state index contributed by atoms with van der Waals surface area (Å²) in [5, 5.41) is -0.656. The first kappa shape index (κ1) is 29.6. The summed E-state index contributed by atoms with van der Waals surface area (Å²) >= 11 is 12.5. The predicted molar refractivity (Wildman–Crippen MR) is 144 cm³/mol. The number of nitrogens with two attached hydrogens (primary N) is 1. The van der Waals surface area contributed by atoms with Crippen molar-refractivity contribution in [3.63, 3.8) is 0 Å². The first-order valence-electron chi connectivity index (χ1n) is 12.3. The number of hydrogen-bond acceptors (Lipinski definition) is 6. The highest BCUT2D eigenvalue weighted by molar-refractivity contribution is 7.91. The number of fused-ring (bicyclic) bond motifs is 1. The molecule has 4 rings (SSSR count). The first-order chi connectivity index (χ1) is 18.3. The average molecular weight is 607 g/mol. The Labute approximate surface area is 232 Å². The van der Waals surface area contributed by atoms with E-state index in [4.69, 9.17) is 28.9 Å². The standard InChI is InChI=1S/C25H27Cl2F3N4O4S/c1-2-39(37,38)20-6-5-16(26)8-15(20)12-34-23(35)17-9-19(25(28,29)30)18(21(27)22(17)32-24(34)36)13-33-7-3-4-14(10-31)11-33/h5-6,8-9,14H,2-4,7,10-13,31H2,1H3,(H,32,36)/t14-/m0/s1. The Morgan fingerprint density at radius 1 is 1.15 bits per heavy atom. The van der Waals surface area contributed by atoms with E-state index in [2.05, 4.69) is 4.98 Å². The Morgan fingerprint density at radius 2 is 1.87 bits per heavy atom. The number of sulfone groups is 1. The monoisotopic (exact) mass is 606 g/mol. The van der Waals surface area contributed by atoms with Crippen LogP contribution in [0.25, 0.3) is 10.9 Å². The number of aromatic amines is 1. The average Bonchev–Trinajstić information content (AvgIpc) is 2.87. The highest BCUT2D eigenvalue weighted by Crippen LogP contribution is 2.39. The highest BCUT2D eigenvalue weighted by atomic mass is 35.5. The van der Waals surface area contributed by atoms with Crippen LogP contribution in [0.4, 0.5) is 13.2 Å². The van der Waals surface area contributed by atoms with Crippen molar-refractivity contribution in [2.24, 2.45) is 11.7 Å². The smallest absolute Gasteiger partial charge is 0.330 e. The minimum absolute atomic E-state index is 0.0506. The summed E-state index contributed by atoms with van der Waals surface area (Å²) in [6, 6.07) is 4.61. The number of nitrogens with one attached hydrogen (secondary N) is 1. The predicted octanol–water partition coefficient (Wildman–Crippen LogP) is 4.03. The van der Waals surface area contributed by atoms with Crippen LogP contribution in [0, 0.1) is 5.92 Å². The fourth-order valence-corrected chi connectivity index (χ4v) is 6.57. The molecule has 0 radical (unpaired) electrons. The van der Waals surface area contributed by atoms with Gasteiger partial charge in [0.15, 0.2) is 9.84 Å². The third-order valence-electron chi connectivity index (χ3n) is 7.01. The van der Waals surface area contributed by atoms with Crippen molar-refractivity contribution in [2.75, 3.05) is 25.4 Å². The van der Waals surface area contributed by atoms with Crippen LogP contribution in [0.2, 0.25) is 10.0 Å². The Bertz CT molecular complexity index is 1640. The highest BCUT2D eigenvalue weighted by Gasteiger charge is 2.37. The number of alkyl halides is 3. The zero-order valence-electron chi connectivity index (χ0n) is 20.9. The maximum absolute atomic E-state index is 14.2. The van der Waals surface area contributed by atoms with E-state index in [1.165, 1.54) is 25.1 Å². The van der Waals surface area contributed by atoms with E-state index in [0.717, 1.165) is 12.8 Å². The quantitative estimate of drug-likeness (QED) is 0.419. The summed E-state index contributed by atoms with van der Waals surface area (Å²) in [4.78, 5) is 30.5. The van der Waals surface area contributed by atoms with Crippen LogP contribution in [0.15, 0.2) is 38.8 Å². The first-order valence-corrected chi connectivity index (χ1v) is 14.7. The third kappa shape index (κ3) is 6.04. The van der Waals surface area contributed by atoms with Crippen molar-refractivity contribution in [1.82, 2.24) is 14.5 Å². The number of aromatic nitrogens is 2. The fourth-order valence-electron chi connectivity index (χ4n) is 4.96. The molecular weight excluding hydrogens is 580 g/mol. The van der Waals surface area contributed by atoms with Gasteiger partial charge in [0, 0.05) is 18.1 Å². The Morgan fingerprint density at radius 3 is 2.51 bits per heavy atom. The van der Waals surface area contributed by atoms with Crippen LogP contribution in [-0.2, 0) is 29.1 Å². The lowest BCUT2D eigenvalue weighted by molar-refractivity contribution is -0.138. The zero-order valence-corrected chi connectivity index (χ0v) is 23.3. The molecule has 2 aromatic carbocycles. The molecule has 0 saturated carbocycles. The summed E-state index contributed by atoms with van der Waals surface area (Å²) in [7, 11) is -3.76. The van der Waals surface area contributed by atoms with Crippen LogP contribution in [0.3, 0.4) is 0 Å². The van der Waals surface area contributed by atoms with Gasteiger partial charge >= 0.3 is 11.9 Å². The molecule has 1 aliphatic heterocycles. The minimum atomic E-state index is -4.83. The molecule has 0 amide bonds. The molecule has 0 bridgehead atoms. The maximum atomic E-state index is 14.2. The molecule has 2 heterocycles. The van der Waals surface area contributed by atoms with Gasteiger partial charge in [-0.05, 0) is 67.2 Å². The number of benzene rings is 2. The number of H-pyrrole nitrogens is 1. The van der Waals surface area contributed by atoms with Crippen molar-refractivity contribution >= 4 is 43.9 Å². The molecule has 0 spiro atoms. The molecule has 3 aromatic rings. The number of hydrogen-bond donors (Lipinski definition) is 2. The van der Waals surface area contributed by atoms with E-state index in [1.807, 2.05) is 4.90 Å². The second-order valence-corrected chi connectivity index (χ2v) is 12.7. The summed E-state index contributed by atoms with van der Waals surface area (Å²) in [6.45, 7) is 2.24. The van der Waals surface area contributed by atoms with Gasteiger partial charge in [0.05, 0.1) is 38.7 Å². The lowest BCUT2D eigenvalue weighted by atomic mass is 9.96. The molecule has 1 fully saturated rings. The van der Waals surface area contributed by atoms with Gasteiger partial charge in [-0.1, -0.05) is 30.1 Å². The van der Waals surface area contributed by atoms with Crippen molar-refractivity contribution in [2.45, 2.75) is 43.9 Å². The Kier molecular flexibility index (Phi) is 8.53. The van der Waals surface area contributed by atoms with E-state index in [0.29, 0.717) is 30.3 Å². The molecule has 1 atom stereocenters. The fraction of sp³-hybridized carbons (Fsp3) is 0.440. The number of rotatable bonds is 7. The number of halogens is 5. The maximum Gasteiger partial charge on any atom is 0.416 e.